The first-order valence-electron chi connectivity index (χ1n) is 8.30. The molecule has 0 saturated carbocycles. The Morgan fingerprint density at radius 1 is 1.15 bits per heavy atom. The van der Waals surface area contributed by atoms with Gasteiger partial charge in [0.15, 0.2) is 0 Å². The molecule has 0 saturated heterocycles. The largest absolute Gasteiger partial charge is 0.366 e. The Labute approximate surface area is 161 Å². The molecule has 0 radical (unpaired) electrons. The molecule has 3 rings (SSSR count). The van der Waals surface area contributed by atoms with Crippen molar-refractivity contribution in [3.05, 3.63) is 57.6 Å². The van der Waals surface area contributed by atoms with Gasteiger partial charge in [0.2, 0.25) is 5.91 Å². The highest BCUT2D eigenvalue weighted by Gasteiger charge is 2.27. The molecule has 0 atom stereocenters. The molecule has 6 nitrogen and oxygen atoms in total. The van der Waals surface area contributed by atoms with E-state index in [1.807, 2.05) is 38.4 Å². The van der Waals surface area contributed by atoms with Crippen LogP contribution in [-0.4, -0.2) is 43.9 Å². The Morgan fingerprint density at radius 3 is 2.46 bits per heavy atom. The van der Waals surface area contributed by atoms with E-state index < -0.39 is 5.91 Å². The monoisotopic (exact) mass is 416 g/mol. The molecule has 0 bridgehead atoms. The van der Waals surface area contributed by atoms with Gasteiger partial charge >= 0.3 is 0 Å². The molecule has 1 heterocycles. The fraction of sp³-hybridized carbons (Fsp3) is 0.263. The molecule has 0 aliphatic carbocycles. The number of fused-ring (bicyclic) bond motifs is 1. The Balaban J connectivity index is 2.06. The van der Waals surface area contributed by atoms with Crippen molar-refractivity contribution in [2.24, 2.45) is 5.73 Å². The zero-order valence-electron chi connectivity index (χ0n) is 14.8. The standard InChI is InChI=1S/C19H21BrN4O2/c1-23(2)9-10-24(13-5-3-12(4-6-13)18(21)25)16-8-7-15(20)14-11-22-19(26)17(14)16/h3-8H,9-11H2,1-2H3,(H2,21,25)(H,22,26). The van der Waals surface area contributed by atoms with Crippen molar-refractivity contribution in [1.82, 2.24) is 10.2 Å². The molecule has 0 fully saturated rings. The summed E-state index contributed by atoms with van der Waals surface area (Å²) in [7, 11) is 4.01. The van der Waals surface area contributed by atoms with Crippen molar-refractivity contribution in [1.29, 1.82) is 0 Å². The quantitative estimate of drug-likeness (QED) is 0.757. The summed E-state index contributed by atoms with van der Waals surface area (Å²) in [4.78, 5) is 28.0. The van der Waals surface area contributed by atoms with Gasteiger partial charge in [-0.1, -0.05) is 15.9 Å². The summed E-state index contributed by atoms with van der Waals surface area (Å²) in [5.41, 5.74) is 9.22. The van der Waals surface area contributed by atoms with Crippen molar-refractivity contribution < 1.29 is 9.59 Å². The van der Waals surface area contributed by atoms with Crippen LogP contribution in [0.5, 0.6) is 0 Å². The van der Waals surface area contributed by atoms with Crippen LogP contribution in [0.3, 0.4) is 0 Å². The zero-order chi connectivity index (χ0) is 18.8. The fourth-order valence-corrected chi connectivity index (χ4v) is 3.48. The summed E-state index contributed by atoms with van der Waals surface area (Å²) in [5, 5.41) is 2.89. The number of hydrogen-bond donors (Lipinski definition) is 2. The number of anilines is 2. The van der Waals surface area contributed by atoms with Crippen LogP contribution in [0.15, 0.2) is 40.9 Å². The highest BCUT2D eigenvalue weighted by molar-refractivity contribution is 9.10. The van der Waals surface area contributed by atoms with E-state index in [1.54, 1.807) is 12.1 Å². The Hall–Kier alpha value is -2.38. The van der Waals surface area contributed by atoms with Crippen molar-refractivity contribution in [2.75, 3.05) is 32.1 Å². The maximum Gasteiger partial charge on any atom is 0.254 e. The second kappa shape index (κ2) is 7.47. The Kier molecular flexibility index (Phi) is 5.29. The minimum absolute atomic E-state index is 0.0695. The van der Waals surface area contributed by atoms with Crippen molar-refractivity contribution in [2.45, 2.75) is 6.54 Å². The Morgan fingerprint density at radius 2 is 1.85 bits per heavy atom. The van der Waals surface area contributed by atoms with Gasteiger partial charge in [-0.25, -0.2) is 0 Å². The average Bonchev–Trinajstić information content (AvgIpc) is 3.00. The second-order valence-electron chi connectivity index (χ2n) is 6.47. The van der Waals surface area contributed by atoms with Crippen LogP contribution in [0.4, 0.5) is 11.4 Å². The number of halogens is 1. The van der Waals surface area contributed by atoms with Gasteiger partial charge in [0.25, 0.3) is 5.91 Å². The maximum atomic E-state index is 12.4. The van der Waals surface area contributed by atoms with E-state index in [-0.39, 0.29) is 5.91 Å². The Bertz CT molecular complexity index is 849. The minimum atomic E-state index is -0.458. The number of likely N-dealkylation sites (N-methyl/N-ethyl adjacent to an activating group) is 1. The number of nitrogens with one attached hydrogen (secondary N) is 1. The highest BCUT2D eigenvalue weighted by atomic mass is 79.9. The molecule has 0 spiro atoms. The lowest BCUT2D eigenvalue weighted by Crippen LogP contribution is -2.29. The van der Waals surface area contributed by atoms with E-state index in [9.17, 15) is 9.59 Å². The van der Waals surface area contributed by atoms with Crippen LogP contribution in [-0.2, 0) is 6.54 Å². The van der Waals surface area contributed by atoms with Crippen LogP contribution < -0.4 is 16.0 Å². The van der Waals surface area contributed by atoms with Crippen LogP contribution in [0, 0.1) is 0 Å². The molecule has 136 valence electrons. The number of nitrogens with zero attached hydrogens (tertiary/aromatic N) is 2. The van der Waals surface area contributed by atoms with E-state index >= 15 is 0 Å². The van der Waals surface area contributed by atoms with E-state index in [2.05, 4.69) is 31.0 Å². The molecule has 2 aromatic carbocycles. The molecule has 2 amide bonds. The number of hydrogen-bond acceptors (Lipinski definition) is 4. The molecular weight excluding hydrogens is 396 g/mol. The summed E-state index contributed by atoms with van der Waals surface area (Å²) in [6, 6.07) is 11.0. The van der Waals surface area contributed by atoms with Crippen LogP contribution in [0.1, 0.15) is 26.3 Å². The van der Waals surface area contributed by atoms with Gasteiger partial charge in [-0.2, -0.15) is 0 Å². The normalized spacial score (nSPS) is 12.8. The van der Waals surface area contributed by atoms with Crippen molar-refractivity contribution >= 4 is 39.1 Å². The summed E-state index contributed by atoms with van der Waals surface area (Å²) < 4.78 is 0.922. The number of carbonyl (C=O) groups excluding carboxylic acids is 2. The average molecular weight is 417 g/mol. The molecule has 26 heavy (non-hydrogen) atoms. The molecule has 0 unspecified atom stereocenters. The number of amides is 2. The van der Waals surface area contributed by atoms with Crippen LogP contribution in [0.25, 0.3) is 0 Å². The lowest BCUT2D eigenvalue weighted by atomic mass is 10.1. The summed E-state index contributed by atoms with van der Waals surface area (Å²) in [6.45, 7) is 2.03. The SMILES string of the molecule is CN(C)CCN(c1ccc(C(N)=O)cc1)c1ccc(Br)c2c1C(=O)NC2. The lowest BCUT2D eigenvalue weighted by Gasteiger charge is -2.28. The molecule has 7 heteroatoms. The predicted molar refractivity (Wildman–Crippen MR) is 106 cm³/mol. The van der Waals surface area contributed by atoms with Crippen LogP contribution in [0.2, 0.25) is 0 Å². The first kappa shape index (κ1) is 18.4. The third-order valence-electron chi connectivity index (χ3n) is 4.41. The number of rotatable bonds is 6. The molecule has 1 aliphatic heterocycles. The lowest BCUT2D eigenvalue weighted by molar-refractivity contribution is 0.0964. The van der Waals surface area contributed by atoms with E-state index in [0.717, 1.165) is 28.0 Å². The molecule has 3 N–H and O–H groups in total. The molecular formula is C19H21BrN4O2. The van der Waals surface area contributed by atoms with E-state index in [0.29, 0.717) is 24.2 Å². The number of nitrogens with two attached hydrogens (primary N) is 1. The smallest absolute Gasteiger partial charge is 0.254 e. The third kappa shape index (κ3) is 3.59. The van der Waals surface area contributed by atoms with Crippen LogP contribution >= 0.6 is 15.9 Å². The van der Waals surface area contributed by atoms with E-state index in [4.69, 9.17) is 5.73 Å². The highest BCUT2D eigenvalue weighted by Crippen LogP contribution is 2.36. The van der Waals surface area contributed by atoms with Crippen molar-refractivity contribution in [3.63, 3.8) is 0 Å². The number of carbonyl (C=O) groups is 2. The zero-order valence-corrected chi connectivity index (χ0v) is 16.3. The molecule has 0 aromatic heterocycles. The summed E-state index contributed by atoms with van der Waals surface area (Å²) in [5.74, 6) is -0.528. The first-order chi connectivity index (χ1) is 12.4. The first-order valence-corrected chi connectivity index (χ1v) is 9.09. The topological polar surface area (TPSA) is 78.7 Å². The fourth-order valence-electron chi connectivity index (χ4n) is 3.01. The summed E-state index contributed by atoms with van der Waals surface area (Å²) in [6.07, 6.45) is 0. The number of benzene rings is 2. The van der Waals surface area contributed by atoms with E-state index in [1.165, 1.54) is 0 Å². The molecule has 1 aliphatic rings. The number of primary amides is 1. The van der Waals surface area contributed by atoms with Gasteiger partial charge in [-0.05, 0) is 50.5 Å². The van der Waals surface area contributed by atoms with Gasteiger partial charge in [0.05, 0.1) is 11.3 Å². The van der Waals surface area contributed by atoms with Gasteiger partial charge < -0.3 is 20.9 Å². The minimum Gasteiger partial charge on any atom is -0.366 e. The van der Waals surface area contributed by atoms with Gasteiger partial charge in [0.1, 0.15) is 0 Å². The van der Waals surface area contributed by atoms with Crippen molar-refractivity contribution in [3.8, 4) is 0 Å². The summed E-state index contributed by atoms with van der Waals surface area (Å²) >= 11 is 3.53. The van der Waals surface area contributed by atoms with Gasteiger partial charge in [0, 0.05) is 40.9 Å². The second-order valence-corrected chi connectivity index (χ2v) is 7.32. The predicted octanol–water partition coefficient (Wildman–Crippen LogP) is 2.49. The van der Waals surface area contributed by atoms with Gasteiger partial charge in [-0.15, -0.1) is 0 Å². The van der Waals surface area contributed by atoms with Gasteiger partial charge in [-0.3, -0.25) is 9.59 Å². The molecule has 2 aromatic rings. The maximum absolute atomic E-state index is 12.4. The third-order valence-corrected chi connectivity index (χ3v) is 5.15.